The minimum atomic E-state index is 0.119. The molecule has 0 spiro atoms. The van der Waals surface area contributed by atoms with E-state index in [4.69, 9.17) is 4.74 Å². The third-order valence-electron chi connectivity index (χ3n) is 3.37. The lowest BCUT2D eigenvalue weighted by Gasteiger charge is -2.04. The number of benzene rings is 1. The number of hydrogen-bond acceptors (Lipinski definition) is 2. The van der Waals surface area contributed by atoms with Gasteiger partial charge in [-0.2, -0.15) is 0 Å². The molecule has 0 amide bonds. The molecule has 1 aromatic rings. The van der Waals surface area contributed by atoms with Crippen LogP contribution in [-0.2, 0) is 4.74 Å². The minimum absolute atomic E-state index is 0.119. The normalized spacial score (nSPS) is 25.8. The van der Waals surface area contributed by atoms with Gasteiger partial charge in [-0.15, -0.1) is 11.8 Å². The second kappa shape index (κ2) is 5.94. The van der Waals surface area contributed by atoms with Crippen LogP contribution in [0.1, 0.15) is 33.6 Å². The number of hydrogen-bond donors (Lipinski definition) is 0. The number of allylic oxidation sites excluding steroid dienone is 2. The summed E-state index contributed by atoms with van der Waals surface area (Å²) < 4.78 is 5.86. The molecule has 1 aliphatic rings. The van der Waals surface area contributed by atoms with E-state index in [1.54, 1.807) is 0 Å². The summed E-state index contributed by atoms with van der Waals surface area (Å²) in [6.07, 6.45) is 4.99. The summed E-state index contributed by atoms with van der Waals surface area (Å²) in [6.45, 7) is 6.54. The highest BCUT2D eigenvalue weighted by Crippen LogP contribution is 2.43. The summed E-state index contributed by atoms with van der Waals surface area (Å²) >= 11 is 1.89. The fourth-order valence-electron chi connectivity index (χ4n) is 2.06. The van der Waals surface area contributed by atoms with Crippen molar-refractivity contribution < 1.29 is 4.74 Å². The Morgan fingerprint density at radius 1 is 1.33 bits per heavy atom. The summed E-state index contributed by atoms with van der Waals surface area (Å²) in [6, 6.07) is 10.6. The van der Waals surface area contributed by atoms with Crippen LogP contribution in [0.4, 0.5) is 0 Å². The summed E-state index contributed by atoms with van der Waals surface area (Å²) in [4.78, 5) is 1.33. The van der Waals surface area contributed by atoms with Crippen molar-refractivity contribution in [2.24, 2.45) is 0 Å². The van der Waals surface area contributed by atoms with Gasteiger partial charge in [0.2, 0.25) is 0 Å². The Balaban J connectivity index is 1.72. The van der Waals surface area contributed by atoms with Crippen molar-refractivity contribution in [2.45, 2.75) is 50.2 Å². The number of epoxide rings is 1. The first-order valence-corrected chi connectivity index (χ1v) is 7.58. The highest BCUT2D eigenvalue weighted by Gasteiger charge is 2.50. The van der Waals surface area contributed by atoms with E-state index in [2.05, 4.69) is 57.2 Å². The molecule has 0 aromatic heterocycles. The molecular weight excluding hydrogens is 240 g/mol. The minimum Gasteiger partial charge on any atom is -0.365 e. The molecule has 1 nitrogen and oxygen atoms in total. The molecule has 1 heterocycles. The third kappa shape index (κ3) is 3.89. The zero-order chi connectivity index (χ0) is 13.0. The van der Waals surface area contributed by atoms with Gasteiger partial charge in [-0.1, -0.05) is 29.8 Å². The largest absolute Gasteiger partial charge is 0.365 e. The first kappa shape index (κ1) is 13.7. The highest BCUT2D eigenvalue weighted by atomic mass is 32.2. The maximum Gasteiger partial charge on any atom is 0.0964 e. The first-order valence-electron chi connectivity index (χ1n) is 6.59. The maximum atomic E-state index is 5.86. The highest BCUT2D eigenvalue weighted by molar-refractivity contribution is 7.99. The van der Waals surface area contributed by atoms with Gasteiger partial charge in [0, 0.05) is 10.6 Å². The van der Waals surface area contributed by atoms with Gasteiger partial charge in [0.25, 0.3) is 0 Å². The molecule has 0 unspecified atom stereocenters. The van der Waals surface area contributed by atoms with E-state index in [9.17, 15) is 0 Å². The molecule has 0 aliphatic carbocycles. The van der Waals surface area contributed by atoms with Crippen LogP contribution in [0.5, 0.6) is 0 Å². The Hall–Kier alpha value is -0.730. The predicted octanol–water partition coefficient (Wildman–Crippen LogP) is 4.68. The van der Waals surface area contributed by atoms with Gasteiger partial charge in [-0.3, -0.25) is 0 Å². The smallest absolute Gasteiger partial charge is 0.0964 e. The van der Waals surface area contributed by atoms with E-state index in [0.29, 0.717) is 6.10 Å². The molecule has 2 rings (SSSR count). The lowest BCUT2D eigenvalue weighted by atomic mass is 10.0. The zero-order valence-electron chi connectivity index (χ0n) is 11.5. The van der Waals surface area contributed by atoms with Gasteiger partial charge in [0.1, 0.15) is 0 Å². The Morgan fingerprint density at radius 3 is 2.72 bits per heavy atom. The molecule has 98 valence electrons. The molecule has 0 saturated carbocycles. The molecule has 1 fully saturated rings. The number of ether oxygens (including phenoxy) is 1. The Labute approximate surface area is 115 Å². The first-order chi connectivity index (χ1) is 8.60. The Bertz CT molecular complexity index is 408. The van der Waals surface area contributed by atoms with Gasteiger partial charge in [-0.25, -0.2) is 0 Å². The number of rotatable bonds is 6. The van der Waals surface area contributed by atoms with E-state index in [0.717, 1.165) is 18.6 Å². The lowest BCUT2D eigenvalue weighted by molar-refractivity contribution is 0.301. The Morgan fingerprint density at radius 2 is 2.06 bits per heavy atom. The molecule has 1 saturated heterocycles. The molecule has 0 bridgehead atoms. The molecule has 2 heteroatoms. The summed E-state index contributed by atoms with van der Waals surface area (Å²) in [5, 5.41) is 0. The van der Waals surface area contributed by atoms with Crippen molar-refractivity contribution in [3.05, 3.63) is 42.0 Å². The zero-order valence-corrected chi connectivity index (χ0v) is 12.3. The van der Waals surface area contributed by atoms with Crippen molar-refractivity contribution >= 4 is 11.8 Å². The predicted molar refractivity (Wildman–Crippen MR) is 79.1 cm³/mol. The van der Waals surface area contributed by atoms with Gasteiger partial charge in [0.05, 0.1) is 11.7 Å². The van der Waals surface area contributed by atoms with E-state index < -0.39 is 0 Å². The molecular formula is C16H22OS. The summed E-state index contributed by atoms with van der Waals surface area (Å²) in [5.74, 6) is 1.06. The second-order valence-electron chi connectivity index (χ2n) is 5.36. The van der Waals surface area contributed by atoms with E-state index >= 15 is 0 Å². The third-order valence-corrected chi connectivity index (χ3v) is 4.45. The fourth-order valence-corrected chi connectivity index (χ4v) is 3.17. The van der Waals surface area contributed by atoms with E-state index in [-0.39, 0.29) is 5.60 Å². The van der Waals surface area contributed by atoms with Crippen LogP contribution in [0, 0.1) is 0 Å². The van der Waals surface area contributed by atoms with Gasteiger partial charge < -0.3 is 4.74 Å². The van der Waals surface area contributed by atoms with Crippen molar-refractivity contribution in [3.8, 4) is 0 Å². The van der Waals surface area contributed by atoms with Crippen molar-refractivity contribution in [1.29, 1.82) is 0 Å². The molecule has 0 radical (unpaired) electrons. The fraction of sp³-hybridized carbons (Fsp3) is 0.500. The molecule has 2 atom stereocenters. The van der Waals surface area contributed by atoms with Crippen LogP contribution in [-0.4, -0.2) is 17.5 Å². The van der Waals surface area contributed by atoms with E-state index in [1.165, 1.54) is 10.5 Å². The quantitative estimate of drug-likeness (QED) is 0.419. The molecule has 1 aromatic carbocycles. The molecule has 0 N–H and O–H groups in total. The summed E-state index contributed by atoms with van der Waals surface area (Å²) in [7, 11) is 0. The lowest BCUT2D eigenvalue weighted by Crippen LogP contribution is -2.10. The van der Waals surface area contributed by atoms with Crippen molar-refractivity contribution in [2.75, 3.05) is 5.75 Å². The number of thioether (sulfide) groups is 1. The monoisotopic (exact) mass is 262 g/mol. The topological polar surface area (TPSA) is 12.5 Å². The van der Waals surface area contributed by atoms with Crippen LogP contribution in [0.15, 0.2) is 46.9 Å². The van der Waals surface area contributed by atoms with Crippen molar-refractivity contribution in [3.63, 3.8) is 0 Å². The van der Waals surface area contributed by atoms with Crippen LogP contribution in [0.3, 0.4) is 0 Å². The standard InChI is InChI=1S/C16H22OS/c1-13(2)8-7-11-16(3)15(17-16)12-18-14-9-5-4-6-10-14/h4-6,8-10,15H,7,11-12H2,1-3H3/t15-,16-/m0/s1. The second-order valence-corrected chi connectivity index (χ2v) is 6.46. The van der Waals surface area contributed by atoms with Gasteiger partial charge >= 0.3 is 0 Å². The van der Waals surface area contributed by atoms with Crippen LogP contribution < -0.4 is 0 Å². The van der Waals surface area contributed by atoms with Crippen LogP contribution >= 0.6 is 11.8 Å². The van der Waals surface area contributed by atoms with Gasteiger partial charge in [-0.05, 0) is 45.7 Å². The van der Waals surface area contributed by atoms with E-state index in [1.807, 2.05) is 11.8 Å². The summed E-state index contributed by atoms with van der Waals surface area (Å²) in [5.41, 5.74) is 1.52. The average Bonchev–Trinajstić information content (AvgIpc) is 2.99. The average molecular weight is 262 g/mol. The van der Waals surface area contributed by atoms with Crippen LogP contribution in [0.2, 0.25) is 0 Å². The maximum absolute atomic E-state index is 5.86. The van der Waals surface area contributed by atoms with Crippen molar-refractivity contribution in [1.82, 2.24) is 0 Å². The SMILES string of the molecule is CC(C)=CCC[C@]1(C)O[C@H]1CSc1ccccc1. The molecule has 18 heavy (non-hydrogen) atoms. The Kier molecular flexibility index (Phi) is 4.52. The van der Waals surface area contributed by atoms with Gasteiger partial charge in [0.15, 0.2) is 0 Å². The van der Waals surface area contributed by atoms with Crippen LogP contribution in [0.25, 0.3) is 0 Å². The molecule has 1 aliphatic heterocycles.